The van der Waals surface area contributed by atoms with Crippen molar-refractivity contribution in [3.8, 4) is 0 Å². The number of amides is 2. The lowest BCUT2D eigenvalue weighted by Gasteiger charge is -1.79. The molecule has 0 aromatic carbocycles. The van der Waals surface area contributed by atoms with Crippen LogP contribution in [0.4, 0.5) is 0 Å². The predicted octanol–water partition coefficient (Wildman–Crippen LogP) is -0.322. The summed E-state index contributed by atoms with van der Waals surface area (Å²) in [5, 5.41) is 2.14. The van der Waals surface area contributed by atoms with Crippen molar-refractivity contribution in [2.24, 2.45) is 4.76 Å². The van der Waals surface area contributed by atoms with Gasteiger partial charge in [0.15, 0.2) is 0 Å². The van der Waals surface area contributed by atoms with Gasteiger partial charge >= 0.3 is 0 Å². The number of imide groups is 1. The second-order valence-electron chi connectivity index (χ2n) is 1.47. The van der Waals surface area contributed by atoms with E-state index in [4.69, 9.17) is 0 Å². The molecule has 0 aromatic heterocycles. The molecule has 1 saturated heterocycles. The van der Waals surface area contributed by atoms with E-state index in [1.54, 1.807) is 0 Å². The van der Waals surface area contributed by atoms with Crippen molar-refractivity contribution in [1.29, 1.82) is 0 Å². The Labute approximate surface area is 61.1 Å². The minimum absolute atomic E-state index is 0.148. The van der Waals surface area contributed by atoms with Crippen LogP contribution in [0, 0.1) is 0 Å². The molecule has 0 bridgehead atoms. The van der Waals surface area contributed by atoms with Gasteiger partial charge in [0.25, 0.3) is 0 Å². The number of nitrogens with two attached hydrogens (primary N) is 1. The Balaban J connectivity index is 0.000000291. The topological polar surface area (TPSA) is 72.2 Å². The Hall–Kier alpha value is -0.420. The number of hydrogen-bond acceptors (Lipinski definition) is 3. The second kappa shape index (κ2) is 4.46. The standard InChI is InChI=1S/C4H5NO2.BrH2N/c6-3-1-2-4(7)5-3;1-2/h1-2H2,(H,5,6,7);2H2. The molecule has 2 amide bonds. The summed E-state index contributed by atoms with van der Waals surface area (Å²) >= 11 is 2.44. The Morgan fingerprint density at radius 3 is 1.67 bits per heavy atom. The van der Waals surface area contributed by atoms with E-state index >= 15 is 0 Å². The highest BCUT2D eigenvalue weighted by Crippen LogP contribution is 1.95. The molecule has 52 valence electrons. The monoisotopic (exact) mass is 194 g/mol. The molecule has 1 heterocycles. The van der Waals surface area contributed by atoms with E-state index in [-0.39, 0.29) is 11.8 Å². The van der Waals surface area contributed by atoms with Crippen molar-refractivity contribution in [2.45, 2.75) is 12.8 Å². The summed E-state index contributed by atoms with van der Waals surface area (Å²) < 4.78 is 4.31. The highest BCUT2D eigenvalue weighted by atomic mass is 79.9. The number of nitrogens with one attached hydrogen (secondary N) is 1. The summed E-state index contributed by atoms with van der Waals surface area (Å²) in [5.41, 5.74) is 0. The molecule has 0 aliphatic carbocycles. The third-order valence-electron chi connectivity index (χ3n) is 0.858. The SMILES string of the molecule is NBr.O=C1CCC(=O)N1. The zero-order chi connectivity index (χ0) is 7.28. The van der Waals surface area contributed by atoms with Gasteiger partial charge in [0.1, 0.15) is 0 Å². The average Bonchev–Trinajstić information content (AvgIpc) is 2.20. The molecule has 9 heavy (non-hydrogen) atoms. The summed E-state index contributed by atoms with van der Waals surface area (Å²) in [7, 11) is 0. The third-order valence-corrected chi connectivity index (χ3v) is 0.858. The molecule has 0 atom stereocenters. The van der Waals surface area contributed by atoms with Crippen molar-refractivity contribution >= 4 is 28.0 Å². The highest BCUT2D eigenvalue weighted by Gasteiger charge is 2.15. The maximum Gasteiger partial charge on any atom is 0.227 e. The van der Waals surface area contributed by atoms with Crippen molar-refractivity contribution in [3.05, 3.63) is 0 Å². The van der Waals surface area contributed by atoms with Gasteiger partial charge in [-0.05, 0) is 0 Å². The van der Waals surface area contributed by atoms with Gasteiger partial charge in [-0.15, -0.1) is 0 Å². The van der Waals surface area contributed by atoms with Crippen LogP contribution >= 0.6 is 16.1 Å². The van der Waals surface area contributed by atoms with Gasteiger partial charge in [-0.25, -0.2) is 0 Å². The van der Waals surface area contributed by atoms with Crippen LogP contribution in [0.3, 0.4) is 0 Å². The predicted molar refractivity (Wildman–Crippen MR) is 35.5 cm³/mol. The summed E-state index contributed by atoms with van der Waals surface area (Å²) in [6.07, 6.45) is 0.748. The number of carbonyl (C=O) groups is 2. The van der Waals surface area contributed by atoms with Crippen molar-refractivity contribution < 1.29 is 9.59 Å². The molecule has 1 aliphatic heterocycles. The molecule has 4 nitrogen and oxygen atoms in total. The fraction of sp³-hybridized carbons (Fsp3) is 0.500. The van der Waals surface area contributed by atoms with Crippen LogP contribution < -0.4 is 10.1 Å². The lowest BCUT2D eigenvalue weighted by molar-refractivity contribution is -0.124. The van der Waals surface area contributed by atoms with Crippen LogP contribution in [-0.4, -0.2) is 11.8 Å². The lowest BCUT2D eigenvalue weighted by Crippen LogP contribution is -2.18. The second-order valence-corrected chi connectivity index (χ2v) is 1.47. The Morgan fingerprint density at radius 2 is 1.56 bits per heavy atom. The van der Waals surface area contributed by atoms with Crippen molar-refractivity contribution in [3.63, 3.8) is 0 Å². The molecule has 0 spiro atoms. The zero-order valence-corrected chi connectivity index (χ0v) is 6.27. The molecule has 5 heteroatoms. The van der Waals surface area contributed by atoms with E-state index < -0.39 is 0 Å². The molecule has 0 saturated carbocycles. The maximum atomic E-state index is 10.1. The van der Waals surface area contributed by atoms with E-state index in [1.165, 1.54) is 0 Å². The summed E-state index contributed by atoms with van der Waals surface area (Å²) in [5.74, 6) is -0.296. The minimum Gasteiger partial charge on any atom is -0.296 e. The zero-order valence-electron chi connectivity index (χ0n) is 4.69. The molecule has 1 rings (SSSR count). The first-order chi connectivity index (χ1) is 4.29. The van der Waals surface area contributed by atoms with Crippen LogP contribution in [0.5, 0.6) is 0 Å². The molecule has 3 N–H and O–H groups in total. The first kappa shape index (κ1) is 8.58. The van der Waals surface area contributed by atoms with Gasteiger partial charge < -0.3 is 0 Å². The number of carbonyl (C=O) groups excluding carboxylic acids is 2. The van der Waals surface area contributed by atoms with Crippen LogP contribution in [0.15, 0.2) is 0 Å². The molecular weight excluding hydrogens is 188 g/mol. The maximum absolute atomic E-state index is 10.1. The number of halogens is 1. The number of hydrogen-bond donors (Lipinski definition) is 2. The van der Waals surface area contributed by atoms with Gasteiger partial charge in [0.05, 0.1) is 0 Å². The first-order valence-electron chi connectivity index (χ1n) is 2.33. The fourth-order valence-corrected chi connectivity index (χ4v) is 0.508. The molecular formula is C4H7BrN2O2. The molecule has 1 fully saturated rings. The Bertz CT molecular complexity index is 112. The van der Waals surface area contributed by atoms with Gasteiger partial charge in [-0.3, -0.25) is 19.7 Å². The van der Waals surface area contributed by atoms with Crippen molar-refractivity contribution in [1.82, 2.24) is 5.32 Å². The fourth-order valence-electron chi connectivity index (χ4n) is 0.508. The molecule has 0 unspecified atom stereocenters. The molecule has 0 aromatic rings. The van der Waals surface area contributed by atoms with Crippen molar-refractivity contribution in [2.75, 3.05) is 0 Å². The largest absolute Gasteiger partial charge is 0.296 e. The van der Waals surface area contributed by atoms with E-state index in [2.05, 4.69) is 26.2 Å². The Morgan fingerprint density at radius 1 is 1.22 bits per heavy atom. The first-order valence-corrected chi connectivity index (χ1v) is 3.25. The highest BCUT2D eigenvalue weighted by molar-refractivity contribution is 9.07. The summed E-state index contributed by atoms with van der Waals surface area (Å²) in [6.45, 7) is 0. The van der Waals surface area contributed by atoms with Gasteiger partial charge in [0, 0.05) is 29.0 Å². The normalized spacial score (nSPS) is 16.2. The van der Waals surface area contributed by atoms with Crippen LogP contribution in [0.25, 0.3) is 0 Å². The van der Waals surface area contributed by atoms with E-state index in [0.29, 0.717) is 12.8 Å². The Kier molecular flexibility index (Phi) is 4.25. The van der Waals surface area contributed by atoms with Crippen LogP contribution in [0.2, 0.25) is 0 Å². The van der Waals surface area contributed by atoms with Crippen LogP contribution in [0.1, 0.15) is 12.8 Å². The van der Waals surface area contributed by atoms with Crippen LogP contribution in [-0.2, 0) is 9.59 Å². The average molecular weight is 195 g/mol. The molecule has 0 radical (unpaired) electrons. The van der Waals surface area contributed by atoms with Gasteiger partial charge in [-0.2, -0.15) is 0 Å². The summed E-state index contributed by atoms with van der Waals surface area (Å²) in [6, 6.07) is 0. The van der Waals surface area contributed by atoms with E-state index in [9.17, 15) is 9.59 Å². The summed E-state index contributed by atoms with van der Waals surface area (Å²) in [4.78, 5) is 20.2. The minimum atomic E-state index is -0.148. The van der Waals surface area contributed by atoms with E-state index in [1.807, 2.05) is 0 Å². The third kappa shape index (κ3) is 3.21. The quantitative estimate of drug-likeness (QED) is 0.411. The number of rotatable bonds is 0. The van der Waals surface area contributed by atoms with Gasteiger partial charge in [-0.1, -0.05) is 0 Å². The smallest absolute Gasteiger partial charge is 0.227 e. The molecule has 1 aliphatic rings. The van der Waals surface area contributed by atoms with E-state index in [0.717, 1.165) is 0 Å². The van der Waals surface area contributed by atoms with Gasteiger partial charge in [0.2, 0.25) is 11.8 Å². The lowest BCUT2D eigenvalue weighted by atomic mass is 10.4.